The Morgan fingerprint density at radius 3 is 2.62 bits per heavy atom. The quantitative estimate of drug-likeness (QED) is 0.595. The zero-order valence-corrected chi connectivity index (χ0v) is 18.0. The molecule has 0 saturated carbocycles. The van der Waals surface area contributed by atoms with Crippen molar-refractivity contribution in [3.8, 4) is 11.4 Å². The van der Waals surface area contributed by atoms with E-state index in [0.29, 0.717) is 23.8 Å². The molecule has 2 atom stereocenters. The highest BCUT2D eigenvalue weighted by Crippen LogP contribution is 2.32. The van der Waals surface area contributed by atoms with Gasteiger partial charge >= 0.3 is 0 Å². The van der Waals surface area contributed by atoms with Crippen molar-refractivity contribution in [2.75, 3.05) is 26.2 Å². The molecule has 5 rings (SSSR count). The highest BCUT2D eigenvalue weighted by atomic mass is 19.1. The molecule has 0 N–H and O–H groups in total. The van der Waals surface area contributed by atoms with Crippen LogP contribution in [0.2, 0.25) is 0 Å². The number of piperidine rings is 1. The minimum absolute atomic E-state index is 0.0162. The lowest BCUT2D eigenvalue weighted by Gasteiger charge is -2.36. The second-order valence-electron chi connectivity index (χ2n) is 8.65. The Hall–Kier alpha value is -3.06. The standard InChI is InChI=1S/C25H27FN4O2/c26-21-12-6-10-19(16-21)23-27-24(32-28-23)20-11-7-15-30(17-20)25(31)22(29-13-4-5-14-29)18-8-2-1-3-9-18/h1-3,6,8-10,12,16,20,22H,4-5,7,11,13-15,17H2. The van der Waals surface area contributed by atoms with Gasteiger partial charge in [-0.25, -0.2) is 4.39 Å². The van der Waals surface area contributed by atoms with Crippen molar-refractivity contribution in [3.63, 3.8) is 0 Å². The van der Waals surface area contributed by atoms with Crippen LogP contribution in [0.25, 0.3) is 11.4 Å². The van der Waals surface area contributed by atoms with Crippen LogP contribution in [0.5, 0.6) is 0 Å². The third-order valence-electron chi connectivity index (χ3n) is 6.46. The number of aromatic nitrogens is 2. The number of amides is 1. The summed E-state index contributed by atoms with van der Waals surface area (Å²) in [5.41, 5.74) is 1.63. The van der Waals surface area contributed by atoms with Gasteiger partial charge in [0.05, 0.1) is 5.92 Å². The highest BCUT2D eigenvalue weighted by molar-refractivity contribution is 5.83. The Bertz CT molecular complexity index is 1060. The van der Waals surface area contributed by atoms with Crippen molar-refractivity contribution in [3.05, 3.63) is 71.9 Å². The largest absolute Gasteiger partial charge is 0.340 e. The molecule has 2 aromatic carbocycles. The molecule has 2 unspecified atom stereocenters. The lowest BCUT2D eigenvalue weighted by molar-refractivity contribution is -0.138. The fraction of sp³-hybridized carbons (Fsp3) is 0.400. The topological polar surface area (TPSA) is 62.5 Å². The molecule has 3 aromatic rings. The van der Waals surface area contributed by atoms with Crippen LogP contribution < -0.4 is 0 Å². The van der Waals surface area contributed by atoms with Gasteiger partial charge in [-0.15, -0.1) is 0 Å². The van der Waals surface area contributed by atoms with Crippen LogP contribution in [0.15, 0.2) is 59.1 Å². The number of carbonyl (C=O) groups excluding carboxylic acids is 1. The maximum atomic E-state index is 13.7. The first-order valence-corrected chi connectivity index (χ1v) is 11.4. The number of carbonyl (C=O) groups is 1. The van der Waals surface area contributed by atoms with Gasteiger partial charge in [0.1, 0.15) is 11.9 Å². The molecule has 0 bridgehead atoms. The number of likely N-dealkylation sites (tertiary alicyclic amines) is 2. The molecule has 6 nitrogen and oxygen atoms in total. The maximum Gasteiger partial charge on any atom is 0.244 e. The second-order valence-corrected chi connectivity index (χ2v) is 8.65. The number of hydrogen-bond donors (Lipinski definition) is 0. The number of nitrogens with zero attached hydrogens (tertiary/aromatic N) is 4. The summed E-state index contributed by atoms with van der Waals surface area (Å²) >= 11 is 0. The van der Waals surface area contributed by atoms with Gasteiger partial charge in [-0.05, 0) is 56.5 Å². The zero-order valence-electron chi connectivity index (χ0n) is 18.0. The number of rotatable bonds is 5. The monoisotopic (exact) mass is 434 g/mol. The molecular weight excluding hydrogens is 407 g/mol. The Morgan fingerprint density at radius 2 is 1.84 bits per heavy atom. The van der Waals surface area contributed by atoms with E-state index in [-0.39, 0.29) is 23.7 Å². The molecule has 1 amide bonds. The lowest BCUT2D eigenvalue weighted by atomic mass is 9.96. The predicted molar refractivity (Wildman–Crippen MR) is 118 cm³/mol. The average molecular weight is 435 g/mol. The third-order valence-corrected chi connectivity index (χ3v) is 6.46. The predicted octanol–water partition coefficient (Wildman–Crippen LogP) is 4.42. The molecule has 32 heavy (non-hydrogen) atoms. The molecule has 2 aliphatic rings. The van der Waals surface area contributed by atoms with Gasteiger partial charge in [-0.1, -0.05) is 47.6 Å². The van der Waals surface area contributed by atoms with Crippen LogP contribution in [-0.2, 0) is 4.79 Å². The average Bonchev–Trinajstić information content (AvgIpc) is 3.53. The first-order chi connectivity index (χ1) is 15.7. The van der Waals surface area contributed by atoms with Gasteiger partial charge < -0.3 is 9.42 Å². The van der Waals surface area contributed by atoms with Crippen LogP contribution in [0.4, 0.5) is 4.39 Å². The molecule has 1 aromatic heterocycles. The summed E-state index contributed by atoms with van der Waals surface area (Å²) in [6, 6.07) is 16.0. The van der Waals surface area contributed by atoms with Crippen molar-refractivity contribution in [2.24, 2.45) is 0 Å². The smallest absolute Gasteiger partial charge is 0.244 e. The molecule has 166 valence electrons. The molecule has 0 spiro atoms. The minimum Gasteiger partial charge on any atom is -0.340 e. The van der Waals surface area contributed by atoms with E-state index < -0.39 is 0 Å². The summed E-state index contributed by atoms with van der Waals surface area (Å²) in [5.74, 6) is 0.684. The van der Waals surface area contributed by atoms with Crippen molar-refractivity contribution in [1.29, 1.82) is 0 Å². The normalized spacial score (nSPS) is 20.4. The van der Waals surface area contributed by atoms with Crippen molar-refractivity contribution in [1.82, 2.24) is 19.9 Å². The SMILES string of the molecule is O=C(C(c1ccccc1)N1CCCC1)N1CCCC(c2nc(-c3cccc(F)c3)no2)C1. The maximum absolute atomic E-state index is 13.7. The Kier molecular flexibility index (Phi) is 5.99. The van der Waals surface area contributed by atoms with Crippen LogP contribution in [0, 0.1) is 5.82 Å². The van der Waals surface area contributed by atoms with E-state index in [1.54, 1.807) is 12.1 Å². The first-order valence-electron chi connectivity index (χ1n) is 11.4. The van der Waals surface area contributed by atoms with Crippen molar-refractivity contribution < 1.29 is 13.7 Å². The van der Waals surface area contributed by atoms with E-state index >= 15 is 0 Å². The van der Waals surface area contributed by atoms with Crippen molar-refractivity contribution >= 4 is 5.91 Å². The van der Waals surface area contributed by atoms with E-state index in [1.807, 2.05) is 35.2 Å². The van der Waals surface area contributed by atoms with Crippen LogP contribution in [-0.4, -0.2) is 52.0 Å². The Balaban J connectivity index is 1.34. The summed E-state index contributed by atoms with van der Waals surface area (Å²) in [6.45, 7) is 3.19. The van der Waals surface area contributed by atoms with Gasteiger partial charge in [0, 0.05) is 18.7 Å². The van der Waals surface area contributed by atoms with Crippen LogP contribution >= 0.6 is 0 Å². The molecule has 7 heteroatoms. The fourth-order valence-corrected chi connectivity index (χ4v) is 4.84. The van der Waals surface area contributed by atoms with Crippen molar-refractivity contribution in [2.45, 2.75) is 37.6 Å². The summed E-state index contributed by atoms with van der Waals surface area (Å²) in [5, 5.41) is 4.05. The molecular formula is C25H27FN4O2. The molecule has 2 fully saturated rings. The number of hydrogen-bond acceptors (Lipinski definition) is 5. The van der Waals surface area contributed by atoms with Gasteiger partial charge in [-0.2, -0.15) is 4.98 Å². The van der Waals surface area contributed by atoms with Gasteiger partial charge in [0.2, 0.25) is 17.6 Å². The minimum atomic E-state index is -0.336. The zero-order chi connectivity index (χ0) is 21.9. The van der Waals surface area contributed by atoms with Crippen LogP contribution in [0.1, 0.15) is 49.1 Å². The summed E-state index contributed by atoms with van der Waals surface area (Å²) in [6.07, 6.45) is 4.03. The molecule has 3 heterocycles. The van der Waals surface area contributed by atoms with Gasteiger partial charge in [-0.3, -0.25) is 9.69 Å². The molecule has 0 radical (unpaired) electrons. The van der Waals surface area contributed by atoms with Gasteiger partial charge in [0.15, 0.2) is 0 Å². The lowest BCUT2D eigenvalue weighted by Crippen LogP contribution is -2.46. The van der Waals surface area contributed by atoms with E-state index in [0.717, 1.165) is 50.9 Å². The Labute approximate surface area is 187 Å². The Morgan fingerprint density at radius 1 is 1.03 bits per heavy atom. The third kappa shape index (κ3) is 4.30. The van der Waals surface area contributed by atoms with Crippen LogP contribution in [0.3, 0.4) is 0 Å². The summed E-state index contributed by atoms with van der Waals surface area (Å²) in [4.78, 5) is 22.5. The second kappa shape index (κ2) is 9.20. The summed E-state index contributed by atoms with van der Waals surface area (Å²) in [7, 11) is 0. The molecule has 2 saturated heterocycles. The van der Waals surface area contributed by atoms with Gasteiger partial charge in [0.25, 0.3) is 0 Å². The van der Waals surface area contributed by atoms with E-state index in [1.165, 1.54) is 12.1 Å². The number of halogens is 1. The molecule has 0 aliphatic carbocycles. The molecule has 2 aliphatic heterocycles. The highest BCUT2D eigenvalue weighted by Gasteiger charge is 2.36. The first kappa shape index (κ1) is 20.8. The number of benzene rings is 2. The summed E-state index contributed by atoms with van der Waals surface area (Å²) < 4.78 is 19.1. The van der Waals surface area contributed by atoms with E-state index in [4.69, 9.17) is 4.52 Å². The van der Waals surface area contributed by atoms with E-state index in [9.17, 15) is 9.18 Å². The fourth-order valence-electron chi connectivity index (χ4n) is 4.84. The van der Waals surface area contributed by atoms with E-state index in [2.05, 4.69) is 15.0 Å².